The lowest BCUT2D eigenvalue weighted by molar-refractivity contribution is 1.18. The molecule has 1 nitrogen and oxygen atoms in total. The van der Waals surface area contributed by atoms with Gasteiger partial charge in [0, 0.05) is 11.9 Å². The summed E-state index contributed by atoms with van der Waals surface area (Å²) in [4.78, 5) is 3.95. The minimum absolute atomic E-state index is 0.514. The summed E-state index contributed by atoms with van der Waals surface area (Å²) in [5.74, 6) is 0. The van der Waals surface area contributed by atoms with E-state index in [4.69, 9.17) is 1.37 Å². The molecule has 0 aliphatic carbocycles. The lowest BCUT2D eigenvalue weighted by Gasteiger charge is -1.90. The van der Waals surface area contributed by atoms with Crippen LogP contribution in [0.3, 0.4) is 0 Å². The Bertz CT molecular complexity index is 220. The highest BCUT2D eigenvalue weighted by atomic mass is 14.6. The molecular weight excluding hydrogens is 98.1 g/mol. The Morgan fingerprint density at radius 3 is 2.88 bits per heavy atom. The van der Waals surface area contributed by atoms with Crippen LogP contribution in [0.5, 0.6) is 0 Å². The molecule has 0 unspecified atom stereocenters. The van der Waals surface area contributed by atoms with Crippen molar-refractivity contribution in [3.63, 3.8) is 0 Å². The zero-order chi connectivity index (χ0) is 6.85. The van der Waals surface area contributed by atoms with Gasteiger partial charge in [0.2, 0.25) is 0 Å². The van der Waals surface area contributed by atoms with Crippen molar-refractivity contribution in [1.29, 1.82) is 0 Å². The molecule has 0 N–H and O–H groups in total. The maximum absolute atomic E-state index is 7.25. The van der Waals surface area contributed by atoms with E-state index >= 15 is 0 Å². The molecule has 0 atom stereocenters. The number of aromatic nitrogens is 1. The van der Waals surface area contributed by atoms with Gasteiger partial charge in [-0.2, -0.15) is 0 Å². The van der Waals surface area contributed by atoms with Gasteiger partial charge >= 0.3 is 0 Å². The number of pyridine rings is 1. The van der Waals surface area contributed by atoms with Crippen LogP contribution in [0, 0.1) is 13.8 Å². The Morgan fingerprint density at radius 1 is 1.62 bits per heavy atom. The minimum Gasteiger partial charge on any atom is -0.262 e. The van der Waals surface area contributed by atoms with Crippen LogP contribution in [0.4, 0.5) is 0 Å². The van der Waals surface area contributed by atoms with Crippen molar-refractivity contribution in [1.82, 2.24) is 4.98 Å². The van der Waals surface area contributed by atoms with Gasteiger partial charge in [-0.1, -0.05) is 0 Å². The van der Waals surface area contributed by atoms with Crippen molar-refractivity contribution in [2.24, 2.45) is 0 Å². The number of aryl methyl sites for hydroxylation is 2. The lowest BCUT2D eigenvalue weighted by Crippen LogP contribution is -1.78. The van der Waals surface area contributed by atoms with Crippen LogP contribution >= 0.6 is 0 Å². The van der Waals surface area contributed by atoms with Gasteiger partial charge in [0.15, 0.2) is 0 Å². The maximum atomic E-state index is 7.25. The first kappa shape index (κ1) is 4.07. The predicted octanol–water partition coefficient (Wildman–Crippen LogP) is 1.70. The Balaban J connectivity index is 3.17. The average molecular weight is 108 g/mol. The van der Waals surface area contributed by atoms with Crippen molar-refractivity contribution in [3.8, 4) is 0 Å². The van der Waals surface area contributed by atoms with E-state index in [2.05, 4.69) is 4.98 Å². The number of hydrogen-bond acceptors (Lipinski definition) is 1. The van der Waals surface area contributed by atoms with E-state index in [9.17, 15) is 0 Å². The minimum atomic E-state index is 0.514. The van der Waals surface area contributed by atoms with Crippen LogP contribution in [-0.4, -0.2) is 4.98 Å². The van der Waals surface area contributed by atoms with E-state index in [1.807, 2.05) is 19.9 Å². The second-order valence-corrected chi connectivity index (χ2v) is 1.87. The number of rotatable bonds is 0. The molecule has 0 saturated heterocycles. The maximum Gasteiger partial charge on any atom is 0.0642 e. The van der Waals surface area contributed by atoms with Gasteiger partial charge in [-0.25, -0.2) is 0 Å². The summed E-state index contributed by atoms with van der Waals surface area (Å²) in [6, 6.07) is 2.42. The molecule has 0 bridgehead atoms. The summed E-state index contributed by atoms with van der Waals surface area (Å²) in [6.07, 6.45) is 1.57. The molecule has 1 rings (SSSR count). The molecule has 0 radical (unpaired) electrons. The highest BCUT2D eigenvalue weighted by Gasteiger charge is 1.82. The predicted molar refractivity (Wildman–Crippen MR) is 33.7 cm³/mol. The Hall–Kier alpha value is -0.850. The van der Waals surface area contributed by atoms with Crippen molar-refractivity contribution >= 4 is 0 Å². The molecule has 0 aliphatic heterocycles. The van der Waals surface area contributed by atoms with E-state index in [-0.39, 0.29) is 0 Å². The molecule has 8 heavy (non-hydrogen) atoms. The van der Waals surface area contributed by atoms with Gasteiger partial charge < -0.3 is 0 Å². The fourth-order valence-corrected chi connectivity index (χ4v) is 0.628. The van der Waals surface area contributed by atoms with Gasteiger partial charge in [-0.15, -0.1) is 0 Å². The monoisotopic (exact) mass is 108 g/mol. The molecule has 42 valence electrons. The first-order chi connectivity index (χ1) is 4.20. The zero-order valence-corrected chi connectivity index (χ0v) is 5.10. The fraction of sp³-hybridized carbons (Fsp3) is 0.286. The van der Waals surface area contributed by atoms with Gasteiger partial charge in [-0.3, -0.25) is 4.98 Å². The first-order valence-electron chi connectivity index (χ1n) is 3.10. The molecule has 0 saturated carbocycles. The van der Waals surface area contributed by atoms with Crippen LogP contribution in [0.25, 0.3) is 0 Å². The molecule has 1 aromatic heterocycles. The third kappa shape index (κ3) is 1.06. The SMILES string of the molecule is [2H]c1cnc(C)cc1C. The van der Waals surface area contributed by atoms with Crippen LogP contribution in [-0.2, 0) is 0 Å². The molecule has 1 aromatic rings. The first-order valence-corrected chi connectivity index (χ1v) is 2.60. The average Bonchev–Trinajstić information content (AvgIpc) is 1.80. The Morgan fingerprint density at radius 2 is 2.38 bits per heavy atom. The Labute approximate surface area is 50.8 Å². The topological polar surface area (TPSA) is 12.9 Å². The zero-order valence-electron chi connectivity index (χ0n) is 6.10. The number of nitrogens with zero attached hydrogens (tertiary/aromatic N) is 1. The largest absolute Gasteiger partial charge is 0.262 e. The van der Waals surface area contributed by atoms with E-state index in [1.54, 1.807) is 6.20 Å². The summed E-state index contributed by atoms with van der Waals surface area (Å²) in [5.41, 5.74) is 1.96. The Kier molecular flexibility index (Phi) is 0.992. The molecule has 0 aliphatic rings. The summed E-state index contributed by atoms with van der Waals surface area (Å²) in [7, 11) is 0. The van der Waals surface area contributed by atoms with Gasteiger partial charge in [0.25, 0.3) is 0 Å². The highest BCUT2D eigenvalue weighted by molar-refractivity contribution is 5.12. The molecule has 0 spiro atoms. The molecule has 1 heteroatoms. The summed E-state index contributed by atoms with van der Waals surface area (Å²) in [5, 5.41) is 0. The summed E-state index contributed by atoms with van der Waals surface area (Å²) >= 11 is 0. The molecular formula is C7H9N. The lowest BCUT2D eigenvalue weighted by atomic mass is 10.3. The van der Waals surface area contributed by atoms with Crippen LogP contribution in [0.1, 0.15) is 12.6 Å². The van der Waals surface area contributed by atoms with Crippen molar-refractivity contribution in [2.45, 2.75) is 13.8 Å². The van der Waals surface area contributed by atoms with Crippen molar-refractivity contribution in [3.05, 3.63) is 29.6 Å². The number of hydrogen-bond donors (Lipinski definition) is 0. The van der Waals surface area contributed by atoms with Crippen LogP contribution in [0.15, 0.2) is 18.3 Å². The quantitative estimate of drug-likeness (QED) is 0.493. The van der Waals surface area contributed by atoms with Gasteiger partial charge in [-0.05, 0) is 31.5 Å². The molecule has 1 heterocycles. The molecule has 0 amide bonds. The van der Waals surface area contributed by atoms with Crippen molar-refractivity contribution < 1.29 is 1.37 Å². The van der Waals surface area contributed by atoms with Crippen molar-refractivity contribution in [2.75, 3.05) is 0 Å². The fourth-order valence-electron chi connectivity index (χ4n) is 0.628. The van der Waals surface area contributed by atoms with Crippen LogP contribution in [0.2, 0.25) is 0 Å². The second kappa shape index (κ2) is 1.95. The third-order valence-corrected chi connectivity index (χ3v) is 0.986. The smallest absolute Gasteiger partial charge is 0.0642 e. The van der Waals surface area contributed by atoms with E-state index in [0.29, 0.717) is 6.04 Å². The second-order valence-electron chi connectivity index (χ2n) is 1.87. The van der Waals surface area contributed by atoms with E-state index in [0.717, 1.165) is 11.3 Å². The third-order valence-electron chi connectivity index (χ3n) is 0.986. The van der Waals surface area contributed by atoms with Crippen LogP contribution < -0.4 is 0 Å². The van der Waals surface area contributed by atoms with E-state index in [1.165, 1.54) is 0 Å². The molecule has 0 fully saturated rings. The van der Waals surface area contributed by atoms with E-state index < -0.39 is 0 Å². The van der Waals surface area contributed by atoms with Gasteiger partial charge in [0.05, 0.1) is 1.37 Å². The highest BCUT2D eigenvalue weighted by Crippen LogP contribution is 1.95. The summed E-state index contributed by atoms with van der Waals surface area (Å²) < 4.78 is 7.25. The summed E-state index contributed by atoms with van der Waals surface area (Å²) in [6.45, 7) is 3.84. The van der Waals surface area contributed by atoms with Gasteiger partial charge in [0.1, 0.15) is 0 Å². The standard InChI is InChI=1S/C7H9N/c1-6-3-4-8-7(2)5-6/h3-5H,1-2H3/i3D. The molecule has 0 aromatic carbocycles. The normalized spacial score (nSPS) is 11.0.